The standard InChI is InChI=1S/C17H29N3/c1-13-7-6-8-20(12-13)16-9-14(2)18-10-15(16)11-19-17(3,4)5/h9-10,13,19H,6-8,11-12H2,1-5H3. The van der Waals surface area contributed by atoms with Crippen molar-refractivity contribution in [1.29, 1.82) is 0 Å². The van der Waals surface area contributed by atoms with Crippen LogP contribution in [0.2, 0.25) is 0 Å². The van der Waals surface area contributed by atoms with E-state index in [2.05, 4.69) is 55.9 Å². The Morgan fingerprint density at radius 2 is 2.15 bits per heavy atom. The van der Waals surface area contributed by atoms with Crippen LogP contribution in [0.3, 0.4) is 0 Å². The van der Waals surface area contributed by atoms with Crippen molar-refractivity contribution in [3.63, 3.8) is 0 Å². The van der Waals surface area contributed by atoms with Crippen LogP contribution in [0.1, 0.15) is 51.8 Å². The van der Waals surface area contributed by atoms with Gasteiger partial charge in [0, 0.05) is 48.3 Å². The number of aryl methyl sites for hydroxylation is 1. The van der Waals surface area contributed by atoms with Crippen molar-refractivity contribution in [3.05, 3.63) is 23.5 Å². The van der Waals surface area contributed by atoms with Crippen LogP contribution >= 0.6 is 0 Å². The summed E-state index contributed by atoms with van der Waals surface area (Å²) in [6.07, 6.45) is 4.70. The molecule has 2 heterocycles. The van der Waals surface area contributed by atoms with Gasteiger partial charge in [-0.2, -0.15) is 0 Å². The summed E-state index contributed by atoms with van der Waals surface area (Å²) in [7, 11) is 0. The molecule has 3 nitrogen and oxygen atoms in total. The van der Waals surface area contributed by atoms with Gasteiger partial charge in [-0.3, -0.25) is 4.98 Å². The van der Waals surface area contributed by atoms with E-state index in [0.717, 1.165) is 18.2 Å². The predicted octanol–water partition coefficient (Wildman–Crippen LogP) is 3.51. The maximum atomic E-state index is 4.49. The van der Waals surface area contributed by atoms with E-state index in [1.54, 1.807) is 0 Å². The van der Waals surface area contributed by atoms with Gasteiger partial charge in [0.1, 0.15) is 0 Å². The van der Waals surface area contributed by atoms with Crippen molar-refractivity contribution in [2.24, 2.45) is 5.92 Å². The molecule has 1 unspecified atom stereocenters. The molecule has 1 atom stereocenters. The Morgan fingerprint density at radius 1 is 1.40 bits per heavy atom. The van der Waals surface area contributed by atoms with E-state index >= 15 is 0 Å². The Labute approximate surface area is 123 Å². The van der Waals surface area contributed by atoms with Crippen LogP contribution in [0.25, 0.3) is 0 Å². The molecule has 0 aromatic carbocycles. The minimum absolute atomic E-state index is 0.136. The lowest BCUT2D eigenvalue weighted by molar-refractivity contribution is 0.421. The number of hydrogen-bond acceptors (Lipinski definition) is 3. The van der Waals surface area contributed by atoms with Crippen molar-refractivity contribution in [2.45, 2.75) is 59.5 Å². The summed E-state index contributed by atoms with van der Waals surface area (Å²) in [5.74, 6) is 0.792. The molecule has 1 aliphatic heterocycles. The first-order valence-corrected chi connectivity index (χ1v) is 7.80. The highest BCUT2D eigenvalue weighted by atomic mass is 15.1. The largest absolute Gasteiger partial charge is 0.371 e. The van der Waals surface area contributed by atoms with Crippen molar-refractivity contribution in [2.75, 3.05) is 18.0 Å². The van der Waals surface area contributed by atoms with Crippen LogP contribution in [-0.2, 0) is 6.54 Å². The predicted molar refractivity (Wildman–Crippen MR) is 86.2 cm³/mol. The Morgan fingerprint density at radius 3 is 2.80 bits per heavy atom. The van der Waals surface area contributed by atoms with Gasteiger partial charge >= 0.3 is 0 Å². The van der Waals surface area contributed by atoms with E-state index < -0.39 is 0 Å². The number of aromatic nitrogens is 1. The number of piperidine rings is 1. The molecule has 0 bridgehead atoms. The monoisotopic (exact) mass is 275 g/mol. The van der Waals surface area contributed by atoms with Gasteiger partial charge in [-0.15, -0.1) is 0 Å². The first kappa shape index (κ1) is 15.3. The molecule has 112 valence electrons. The molecular weight excluding hydrogens is 246 g/mol. The molecule has 0 saturated carbocycles. The topological polar surface area (TPSA) is 28.2 Å². The quantitative estimate of drug-likeness (QED) is 0.915. The molecule has 1 saturated heterocycles. The van der Waals surface area contributed by atoms with Crippen LogP contribution in [0.4, 0.5) is 5.69 Å². The average molecular weight is 275 g/mol. The molecule has 2 rings (SSSR count). The van der Waals surface area contributed by atoms with Crippen LogP contribution in [-0.4, -0.2) is 23.6 Å². The van der Waals surface area contributed by atoms with Gasteiger partial charge in [0.2, 0.25) is 0 Å². The van der Waals surface area contributed by atoms with Gasteiger partial charge in [0.15, 0.2) is 0 Å². The molecule has 1 aromatic rings. The molecule has 0 spiro atoms. The fraction of sp³-hybridized carbons (Fsp3) is 0.706. The average Bonchev–Trinajstić information content (AvgIpc) is 2.36. The summed E-state index contributed by atoms with van der Waals surface area (Å²) in [4.78, 5) is 7.03. The Balaban J connectivity index is 2.19. The summed E-state index contributed by atoms with van der Waals surface area (Å²) in [6.45, 7) is 14.3. The third-order valence-corrected chi connectivity index (χ3v) is 3.91. The molecule has 1 aromatic heterocycles. The van der Waals surface area contributed by atoms with Gasteiger partial charge < -0.3 is 10.2 Å². The minimum atomic E-state index is 0.136. The molecule has 0 radical (unpaired) electrons. The molecule has 1 aliphatic rings. The Hall–Kier alpha value is -1.09. The third-order valence-electron chi connectivity index (χ3n) is 3.91. The fourth-order valence-corrected chi connectivity index (χ4v) is 2.77. The number of nitrogens with zero attached hydrogens (tertiary/aromatic N) is 2. The maximum Gasteiger partial charge on any atom is 0.0445 e. The highest BCUT2D eigenvalue weighted by molar-refractivity contribution is 5.54. The first-order valence-electron chi connectivity index (χ1n) is 7.80. The van der Waals surface area contributed by atoms with Crippen molar-refractivity contribution in [1.82, 2.24) is 10.3 Å². The number of nitrogens with one attached hydrogen (secondary N) is 1. The smallest absolute Gasteiger partial charge is 0.0445 e. The first-order chi connectivity index (χ1) is 9.35. The zero-order valence-corrected chi connectivity index (χ0v) is 13.7. The van der Waals surface area contributed by atoms with Crippen molar-refractivity contribution >= 4 is 5.69 Å². The maximum absolute atomic E-state index is 4.49. The van der Waals surface area contributed by atoms with E-state index in [-0.39, 0.29) is 5.54 Å². The van der Waals surface area contributed by atoms with E-state index in [9.17, 15) is 0 Å². The summed E-state index contributed by atoms with van der Waals surface area (Å²) >= 11 is 0. The number of pyridine rings is 1. The van der Waals surface area contributed by atoms with E-state index in [4.69, 9.17) is 0 Å². The Bertz CT molecular complexity index is 448. The van der Waals surface area contributed by atoms with E-state index in [1.165, 1.54) is 37.2 Å². The molecular formula is C17H29N3. The lowest BCUT2D eigenvalue weighted by Crippen LogP contribution is -2.38. The summed E-state index contributed by atoms with van der Waals surface area (Å²) < 4.78 is 0. The van der Waals surface area contributed by atoms with E-state index in [0.29, 0.717) is 0 Å². The molecule has 20 heavy (non-hydrogen) atoms. The summed E-state index contributed by atoms with van der Waals surface area (Å²) in [5, 5.41) is 3.58. The highest BCUT2D eigenvalue weighted by Crippen LogP contribution is 2.27. The number of anilines is 1. The molecule has 0 aliphatic carbocycles. The third kappa shape index (κ3) is 4.20. The number of rotatable bonds is 3. The van der Waals surface area contributed by atoms with Crippen LogP contribution in [0.5, 0.6) is 0 Å². The molecule has 3 heteroatoms. The molecule has 0 amide bonds. The van der Waals surface area contributed by atoms with Gasteiger partial charge in [-0.25, -0.2) is 0 Å². The van der Waals surface area contributed by atoms with Crippen molar-refractivity contribution in [3.8, 4) is 0 Å². The zero-order chi connectivity index (χ0) is 14.8. The van der Waals surface area contributed by atoms with Crippen LogP contribution in [0, 0.1) is 12.8 Å². The van der Waals surface area contributed by atoms with Gasteiger partial charge in [-0.1, -0.05) is 6.92 Å². The highest BCUT2D eigenvalue weighted by Gasteiger charge is 2.20. The lowest BCUT2D eigenvalue weighted by Gasteiger charge is -2.34. The van der Waals surface area contributed by atoms with Crippen LogP contribution < -0.4 is 10.2 Å². The normalized spacial score (nSPS) is 20.2. The number of hydrogen-bond donors (Lipinski definition) is 1. The van der Waals surface area contributed by atoms with E-state index in [1.807, 2.05) is 6.20 Å². The van der Waals surface area contributed by atoms with Gasteiger partial charge in [0.05, 0.1) is 0 Å². The second kappa shape index (κ2) is 6.13. The summed E-state index contributed by atoms with van der Waals surface area (Å²) in [6, 6.07) is 2.25. The SMILES string of the molecule is Cc1cc(N2CCCC(C)C2)c(CNC(C)(C)C)cn1. The lowest BCUT2D eigenvalue weighted by atomic mass is 9.99. The minimum Gasteiger partial charge on any atom is -0.371 e. The van der Waals surface area contributed by atoms with Gasteiger partial charge in [0.25, 0.3) is 0 Å². The van der Waals surface area contributed by atoms with Gasteiger partial charge in [-0.05, 0) is 52.5 Å². The summed E-state index contributed by atoms with van der Waals surface area (Å²) in [5.41, 5.74) is 3.94. The van der Waals surface area contributed by atoms with Crippen molar-refractivity contribution < 1.29 is 0 Å². The Kier molecular flexibility index (Phi) is 4.69. The van der Waals surface area contributed by atoms with Crippen LogP contribution in [0.15, 0.2) is 12.3 Å². The molecule has 1 fully saturated rings. The fourth-order valence-electron chi connectivity index (χ4n) is 2.77. The molecule has 1 N–H and O–H groups in total. The second-order valence-electron chi connectivity index (χ2n) is 7.25. The second-order valence-corrected chi connectivity index (χ2v) is 7.25. The zero-order valence-electron chi connectivity index (χ0n) is 13.7.